The summed E-state index contributed by atoms with van der Waals surface area (Å²) in [5, 5.41) is 9.48. The van der Waals surface area contributed by atoms with Gasteiger partial charge in [0.05, 0.1) is 11.7 Å². The Morgan fingerprint density at radius 1 is 1.29 bits per heavy atom. The van der Waals surface area contributed by atoms with Gasteiger partial charge in [-0.1, -0.05) is 38.7 Å². The van der Waals surface area contributed by atoms with Crippen LogP contribution < -0.4 is 4.74 Å². The molecule has 1 N–H and O–H groups in total. The summed E-state index contributed by atoms with van der Waals surface area (Å²) >= 11 is 0. The highest BCUT2D eigenvalue weighted by Gasteiger charge is 2.55. The molecule has 0 spiro atoms. The summed E-state index contributed by atoms with van der Waals surface area (Å²) in [6, 6.07) is 7.82. The standard InChI is InChI=1S/C22H23FN2O3/c1-21(2,3)22(9-10-25(22)20(26)27)15-28-19-12-17(13-24-14-19)8-7-16-5-4-6-18(23)11-16/h4-6,11-14H,9-10,15H2,1-3H3,(H,26,27)/t22-/m1/s1. The van der Waals surface area contributed by atoms with E-state index in [1.807, 2.05) is 20.8 Å². The summed E-state index contributed by atoms with van der Waals surface area (Å²) in [7, 11) is 0. The zero-order chi connectivity index (χ0) is 20.4. The highest BCUT2D eigenvalue weighted by molar-refractivity contribution is 5.68. The molecule has 0 bridgehead atoms. The number of ether oxygens (including phenoxy) is 1. The van der Waals surface area contributed by atoms with Crippen molar-refractivity contribution in [2.24, 2.45) is 5.41 Å². The first-order chi connectivity index (χ1) is 13.2. The van der Waals surface area contributed by atoms with Gasteiger partial charge in [-0.05, 0) is 36.1 Å². The number of pyridine rings is 1. The normalized spacial score (nSPS) is 18.6. The molecule has 1 atom stereocenters. The molecule has 0 aliphatic carbocycles. The molecule has 1 aromatic carbocycles. The average molecular weight is 382 g/mol. The van der Waals surface area contributed by atoms with Gasteiger partial charge in [-0.2, -0.15) is 0 Å². The number of rotatable bonds is 3. The second-order valence-corrected chi connectivity index (χ2v) is 7.92. The van der Waals surface area contributed by atoms with Crippen LogP contribution in [0, 0.1) is 23.1 Å². The van der Waals surface area contributed by atoms with Gasteiger partial charge >= 0.3 is 6.09 Å². The summed E-state index contributed by atoms with van der Waals surface area (Å²) in [6.07, 6.45) is 2.99. The highest BCUT2D eigenvalue weighted by Crippen LogP contribution is 2.45. The van der Waals surface area contributed by atoms with Crippen LogP contribution in [0.5, 0.6) is 5.75 Å². The number of amides is 1. The lowest BCUT2D eigenvalue weighted by Crippen LogP contribution is -2.70. The van der Waals surface area contributed by atoms with Gasteiger partial charge in [0.1, 0.15) is 18.2 Å². The molecular formula is C22H23FN2O3. The highest BCUT2D eigenvalue weighted by atomic mass is 19.1. The SMILES string of the molecule is CC(C)(C)[C@]1(COc2cncc(C#Cc3cccc(F)c3)c2)CCN1C(=O)O. The first-order valence-corrected chi connectivity index (χ1v) is 9.07. The molecule has 1 amide bonds. The lowest BCUT2D eigenvalue weighted by atomic mass is 9.66. The first-order valence-electron chi connectivity index (χ1n) is 9.07. The monoisotopic (exact) mass is 382 g/mol. The molecule has 1 aliphatic rings. The van der Waals surface area contributed by atoms with Crippen molar-refractivity contribution in [1.29, 1.82) is 0 Å². The van der Waals surface area contributed by atoms with Crippen LogP contribution >= 0.6 is 0 Å². The van der Waals surface area contributed by atoms with E-state index in [-0.39, 0.29) is 17.8 Å². The summed E-state index contributed by atoms with van der Waals surface area (Å²) in [4.78, 5) is 17.2. The van der Waals surface area contributed by atoms with E-state index < -0.39 is 11.6 Å². The van der Waals surface area contributed by atoms with E-state index >= 15 is 0 Å². The van der Waals surface area contributed by atoms with Crippen molar-refractivity contribution >= 4 is 6.09 Å². The van der Waals surface area contributed by atoms with Crippen LogP contribution in [0.3, 0.4) is 0 Å². The molecule has 6 heteroatoms. The second kappa shape index (κ2) is 7.51. The zero-order valence-corrected chi connectivity index (χ0v) is 16.2. The summed E-state index contributed by atoms with van der Waals surface area (Å²) < 4.78 is 19.2. The fraction of sp³-hybridized carbons (Fsp3) is 0.364. The predicted molar refractivity (Wildman–Crippen MR) is 104 cm³/mol. The fourth-order valence-corrected chi connectivity index (χ4v) is 3.40. The third kappa shape index (κ3) is 3.94. The van der Waals surface area contributed by atoms with E-state index in [1.165, 1.54) is 17.0 Å². The number of nitrogens with zero attached hydrogens (tertiary/aromatic N) is 2. The van der Waals surface area contributed by atoms with Crippen LogP contribution in [0.1, 0.15) is 38.3 Å². The third-order valence-corrected chi connectivity index (χ3v) is 5.26. The molecular weight excluding hydrogens is 359 g/mol. The lowest BCUT2D eigenvalue weighted by Gasteiger charge is -2.57. The van der Waals surface area contributed by atoms with Crippen molar-refractivity contribution in [3.63, 3.8) is 0 Å². The Morgan fingerprint density at radius 2 is 2.04 bits per heavy atom. The predicted octanol–water partition coefficient (Wildman–Crippen LogP) is 4.17. The largest absolute Gasteiger partial charge is 0.489 e. The Labute approximate surface area is 164 Å². The van der Waals surface area contributed by atoms with E-state index in [9.17, 15) is 14.3 Å². The van der Waals surface area contributed by atoms with Crippen LogP contribution in [-0.4, -0.2) is 39.8 Å². The number of aromatic nitrogens is 1. The topological polar surface area (TPSA) is 62.7 Å². The van der Waals surface area contributed by atoms with E-state index in [0.717, 1.165) is 6.42 Å². The summed E-state index contributed by atoms with van der Waals surface area (Å²) in [5.74, 6) is 6.03. The van der Waals surface area contributed by atoms with E-state index in [0.29, 0.717) is 23.4 Å². The zero-order valence-electron chi connectivity index (χ0n) is 16.2. The Kier molecular flexibility index (Phi) is 5.28. The molecule has 1 aliphatic heterocycles. The number of halogens is 1. The number of likely N-dealkylation sites (tertiary alicyclic amines) is 1. The Hall–Kier alpha value is -3.07. The molecule has 0 radical (unpaired) electrons. The minimum atomic E-state index is -0.933. The van der Waals surface area contributed by atoms with Gasteiger partial charge in [-0.3, -0.25) is 9.88 Å². The molecule has 28 heavy (non-hydrogen) atoms. The minimum Gasteiger partial charge on any atom is -0.489 e. The minimum absolute atomic E-state index is 0.241. The maximum absolute atomic E-state index is 13.2. The van der Waals surface area contributed by atoms with Crippen molar-refractivity contribution in [3.05, 3.63) is 59.7 Å². The molecule has 1 saturated heterocycles. The molecule has 1 fully saturated rings. The molecule has 2 heterocycles. The van der Waals surface area contributed by atoms with Crippen molar-refractivity contribution in [2.75, 3.05) is 13.2 Å². The molecule has 1 aromatic heterocycles. The number of hydrogen-bond donors (Lipinski definition) is 1. The van der Waals surface area contributed by atoms with Gasteiger partial charge in [0.25, 0.3) is 0 Å². The smallest absolute Gasteiger partial charge is 0.407 e. The summed E-state index contributed by atoms with van der Waals surface area (Å²) in [6.45, 7) is 6.80. The van der Waals surface area contributed by atoms with Crippen molar-refractivity contribution in [2.45, 2.75) is 32.7 Å². The maximum atomic E-state index is 13.2. The van der Waals surface area contributed by atoms with Gasteiger partial charge in [-0.25, -0.2) is 9.18 Å². The van der Waals surface area contributed by atoms with Crippen molar-refractivity contribution in [3.8, 4) is 17.6 Å². The number of hydrogen-bond acceptors (Lipinski definition) is 3. The Morgan fingerprint density at radius 3 is 2.64 bits per heavy atom. The van der Waals surface area contributed by atoms with Crippen LogP contribution in [0.4, 0.5) is 9.18 Å². The average Bonchev–Trinajstić information content (AvgIpc) is 2.58. The van der Waals surface area contributed by atoms with Crippen LogP contribution in [0.2, 0.25) is 0 Å². The van der Waals surface area contributed by atoms with Crippen LogP contribution in [0.15, 0.2) is 42.7 Å². The quantitative estimate of drug-likeness (QED) is 0.810. The van der Waals surface area contributed by atoms with Crippen molar-refractivity contribution < 1.29 is 19.0 Å². The van der Waals surface area contributed by atoms with E-state index in [1.54, 1.807) is 30.6 Å². The number of carbonyl (C=O) groups is 1. The van der Waals surface area contributed by atoms with Gasteiger partial charge in [-0.15, -0.1) is 0 Å². The van der Waals surface area contributed by atoms with Crippen LogP contribution in [0.25, 0.3) is 0 Å². The fourth-order valence-electron chi connectivity index (χ4n) is 3.40. The van der Waals surface area contributed by atoms with Gasteiger partial charge in [0, 0.05) is 23.9 Å². The summed E-state index contributed by atoms with van der Waals surface area (Å²) in [5.41, 5.74) is 0.355. The Bertz CT molecular complexity index is 943. The van der Waals surface area contributed by atoms with Crippen molar-refractivity contribution in [1.82, 2.24) is 9.88 Å². The number of carboxylic acid groups (broad SMARTS) is 1. The Balaban J connectivity index is 1.75. The molecule has 5 nitrogen and oxygen atoms in total. The lowest BCUT2D eigenvalue weighted by molar-refractivity contribution is -0.0962. The van der Waals surface area contributed by atoms with Gasteiger partial charge in [0.15, 0.2) is 0 Å². The first kappa shape index (κ1) is 19.7. The molecule has 3 rings (SSSR count). The second-order valence-electron chi connectivity index (χ2n) is 7.92. The molecule has 2 aromatic rings. The van der Waals surface area contributed by atoms with Gasteiger partial charge in [0.2, 0.25) is 0 Å². The van der Waals surface area contributed by atoms with E-state index in [4.69, 9.17) is 4.74 Å². The number of benzene rings is 1. The molecule has 0 unspecified atom stereocenters. The molecule has 0 saturated carbocycles. The third-order valence-electron chi connectivity index (χ3n) is 5.26. The maximum Gasteiger partial charge on any atom is 0.407 e. The van der Waals surface area contributed by atoms with Gasteiger partial charge < -0.3 is 9.84 Å². The van der Waals surface area contributed by atoms with E-state index in [2.05, 4.69) is 16.8 Å². The van der Waals surface area contributed by atoms with Crippen LogP contribution in [-0.2, 0) is 0 Å². The molecule has 146 valence electrons.